The maximum atomic E-state index is 6.30. The Bertz CT molecular complexity index is 704. The fraction of sp³-hybridized carbons (Fsp3) is 0.350. The lowest BCUT2D eigenvalue weighted by Gasteiger charge is -2.29. The van der Waals surface area contributed by atoms with Crippen LogP contribution in [0.15, 0.2) is 60.7 Å². The number of nitrogens with zero attached hydrogens (tertiary/aromatic N) is 2. The second-order valence-corrected chi connectivity index (χ2v) is 8.47. The minimum absolute atomic E-state index is 0.617. The molecule has 2 aromatic rings. The zero-order valence-corrected chi connectivity index (χ0v) is 17.4. The van der Waals surface area contributed by atoms with Crippen molar-refractivity contribution in [3.63, 3.8) is 0 Å². The first-order valence-electron chi connectivity index (χ1n) is 9.38. The highest BCUT2D eigenvalue weighted by Gasteiger charge is 2.33. The van der Waals surface area contributed by atoms with Crippen molar-refractivity contribution >= 4 is 37.2 Å². The summed E-state index contributed by atoms with van der Waals surface area (Å²) in [4.78, 5) is 0. The molecule has 3 rings (SSSR count). The topological polar surface area (TPSA) is 39.8 Å². The van der Waals surface area contributed by atoms with Gasteiger partial charge in [0, 0.05) is 37.6 Å². The Kier molecular flexibility index (Phi) is 7.84. The van der Waals surface area contributed by atoms with Crippen LogP contribution < -0.4 is 15.3 Å². The van der Waals surface area contributed by atoms with Crippen molar-refractivity contribution in [2.75, 3.05) is 42.8 Å². The lowest BCUT2D eigenvalue weighted by molar-refractivity contribution is 0.322. The van der Waals surface area contributed by atoms with Gasteiger partial charge >= 0.3 is 0 Å². The second-order valence-electron chi connectivity index (χ2n) is 6.25. The highest BCUT2D eigenvalue weighted by atomic mass is 32.1. The summed E-state index contributed by atoms with van der Waals surface area (Å²) in [5.74, 6) is 0. The summed E-state index contributed by atoms with van der Waals surface area (Å²) in [5, 5.41) is 7.03. The summed E-state index contributed by atoms with van der Waals surface area (Å²) in [6.45, 7) is 6.64. The van der Waals surface area contributed by atoms with Crippen LogP contribution in [0.25, 0.3) is 0 Å². The van der Waals surface area contributed by atoms with Crippen LogP contribution >= 0.6 is 20.7 Å². The summed E-state index contributed by atoms with van der Waals surface area (Å²) >= 11 is 5.36. The van der Waals surface area contributed by atoms with Gasteiger partial charge in [-0.2, -0.15) is 0 Å². The molecule has 0 aromatic heterocycles. The predicted octanol–water partition coefficient (Wildman–Crippen LogP) is 4.45. The molecule has 1 saturated heterocycles. The van der Waals surface area contributed by atoms with Crippen molar-refractivity contribution in [3.8, 4) is 0 Å². The minimum atomic E-state index is -0.770. The predicted molar refractivity (Wildman–Crippen MR) is 119 cm³/mol. The molecular formula is C20H27N4OPS. The molecule has 0 amide bonds. The molecule has 0 bridgehead atoms. The van der Waals surface area contributed by atoms with Crippen LogP contribution in [0.5, 0.6) is 0 Å². The Morgan fingerprint density at radius 2 is 1.78 bits per heavy atom. The van der Waals surface area contributed by atoms with E-state index in [1.807, 2.05) is 30.3 Å². The van der Waals surface area contributed by atoms with Gasteiger partial charge in [-0.1, -0.05) is 43.3 Å². The van der Waals surface area contributed by atoms with E-state index in [2.05, 4.69) is 57.2 Å². The number of hydrogen-bond donors (Lipinski definition) is 2. The first-order chi connectivity index (χ1) is 13.3. The largest absolute Gasteiger partial charge is 0.360 e. The van der Waals surface area contributed by atoms with Crippen molar-refractivity contribution in [2.45, 2.75) is 13.3 Å². The molecule has 27 heavy (non-hydrogen) atoms. The molecule has 1 unspecified atom stereocenters. The molecule has 144 valence electrons. The van der Waals surface area contributed by atoms with Crippen molar-refractivity contribution in [2.24, 2.45) is 0 Å². The Morgan fingerprint density at radius 1 is 1.07 bits per heavy atom. The van der Waals surface area contributed by atoms with Crippen LogP contribution in [0, 0.1) is 0 Å². The molecule has 1 aliphatic heterocycles. The van der Waals surface area contributed by atoms with Gasteiger partial charge in [-0.15, -0.1) is 0 Å². The Balaban J connectivity index is 1.48. The van der Waals surface area contributed by atoms with Gasteiger partial charge in [0.2, 0.25) is 8.45 Å². The number of thiocarbonyl (C=S) groups is 1. The molecule has 1 aliphatic rings. The molecular weight excluding hydrogens is 375 g/mol. The van der Waals surface area contributed by atoms with Gasteiger partial charge in [0.1, 0.15) is 0 Å². The molecule has 0 saturated carbocycles. The number of hydrogen-bond acceptors (Lipinski definition) is 4. The van der Waals surface area contributed by atoms with Gasteiger partial charge in [0.15, 0.2) is 5.11 Å². The molecule has 2 aromatic carbocycles. The van der Waals surface area contributed by atoms with Gasteiger partial charge in [-0.25, -0.2) is 4.67 Å². The third kappa shape index (κ3) is 5.88. The molecule has 0 radical (unpaired) electrons. The highest BCUT2D eigenvalue weighted by Crippen LogP contribution is 2.51. The molecule has 0 spiro atoms. The number of benzene rings is 2. The summed E-state index contributed by atoms with van der Waals surface area (Å²) in [5.41, 5.74) is 2.22. The number of nitrogens with one attached hydrogen (secondary N) is 2. The van der Waals surface area contributed by atoms with E-state index in [1.54, 1.807) is 0 Å². The Hall–Kier alpha value is -1.72. The van der Waals surface area contributed by atoms with Crippen molar-refractivity contribution < 1.29 is 4.52 Å². The average molecular weight is 403 g/mol. The minimum Gasteiger partial charge on any atom is -0.360 e. The van der Waals surface area contributed by atoms with Gasteiger partial charge in [0.25, 0.3) is 0 Å². The summed E-state index contributed by atoms with van der Waals surface area (Å²) in [6.07, 6.45) is 1.13. The van der Waals surface area contributed by atoms with E-state index in [4.69, 9.17) is 16.7 Å². The Labute approximate surface area is 168 Å². The summed E-state index contributed by atoms with van der Waals surface area (Å²) in [7, 11) is -0.770. The average Bonchev–Trinajstić information content (AvgIpc) is 3.10. The lowest BCUT2D eigenvalue weighted by Crippen LogP contribution is -2.31. The van der Waals surface area contributed by atoms with Gasteiger partial charge < -0.3 is 19.8 Å². The fourth-order valence-corrected chi connectivity index (χ4v) is 5.26. The zero-order chi connectivity index (χ0) is 18.9. The quantitative estimate of drug-likeness (QED) is 0.386. The molecule has 1 fully saturated rings. The number of para-hydroxylation sites is 2. The second kappa shape index (κ2) is 10.6. The number of rotatable bonds is 8. The zero-order valence-electron chi connectivity index (χ0n) is 15.7. The number of anilines is 2. The molecule has 5 nitrogen and oxygen atoms in total. The van der Waals surface area contributed by atoms with Crippen LogP contribution in [0.1, 0.15) is 13.3 Å². The standard InChI is InChI=1S/C20H27N4OPS/c1-2-14-23-15-16-24(19-11-7-4-8-12-19)26(23)25-17-13-21-20(27)22-18-9-5-3-6-10-18/h3-12H,2,13-17H2,1H3,(H2,21,22,27). The lowest BCUT2D eigenvalue weighted by atomic mass is 10.3. The van der Waals surface area contributed by atoms with E-state index in [0.717, 1.165) is 31.7 Å². The normalized spacial score (nSPS) is 17.1. The van der Waals surface area contributed by atoms with Gasteiger partial charge in [-0.3, -0.25) is 0 Å². The monoisotopic (exact) mass is 402 g/mol. The molecule has 0 aliphatic carbocycles. The van der Waals surface area contributed by atoms with E-state index >= 15 is 0 Å². The van der Waals surface area contributed by atoms with E-state index < -0.39 is 8.45 Å². The van der Waals surface area contributed by atoms with Crippen molar-refractivity contribution in [1.82, 2.24) is 9.99 Å². The maximum Gasteiger partial charge on any atom is 0.218 e. The Morgan fingerprint density at radius 3 is 2.48 bits per heavy atom. The van der Waals surface area contributed by atoms with E-state index in [0.29, 0.717) is 18.3 Å². The maximum absolute atomic E-state index is 6.30. The highest BCUT2D eigenvalue weighted by molar-refractivity contribution is 7.80. The third-order valence-electron chi connectivity index (χ3n) is 4.18. The summed E-state index contributed by atoms with van der Waals surface area (Å²) in [6, 6.07) is 20.5. The van der Waals surface area contributed by atoms with Gasteiger partial charge in [0.05, 0.1) is 6.61 Å². The smallest absolute Gasteiger partial charge is 0.218 e. The van der Waals surface area contributed by atoms with E-state index in [-0.39, 0.29) is 0 Å². The van der Waals surface area contributed by atoms with Gasteiger partial charge in [-0.05, 0) is 42.9 Å². The van der Waals surface area contributed by atoms with E-state index in [1.165, 1.54) is 5.69 Å². The van der Waals surface area contributed by atoms with Crippen LogP contribution in [0.3, 0.4) is 0 Å². The van der Waals surface area contributed by atoms with Crippen LogP contribution in [0.2, 0.25) is 0 Å². The van der Waals surface area contributed by atoms with Crippen LogP contribution in [0.4, 0.5) is 11.4 Å². The van der Waals surface area contributed by atoms with E-state index in [9.17, 15) is 0 Å². The SMILES string of the molecule is CCCN1CCN(c2ccccc2)P1OCCNC(=S)Nc1ccccc1. The summed E-state index contributed by atoms with van der Waals surface area (Å²) < 4.78 is 11.2. The molecule has 1 atom stereocenters. The first-order valence-corrected chi connectivity index (χ1v) is 11.0. The molecule has 1 heterocycles. The van der Waals surface area contributed by atoms with Crippen LogP contribution in [-0.4, -0.2) is 42.6 Å². The van der Waals surface area contributed by atoms with Crippen LogP contribution in [-0.2, 0) is 4.52 Å². The first kappa shape index (κ1) is 20.0. The van der Waals surface area contributed by atoms with Crippen molar-refractivity contribution in [3.05, 3.63) is 60.7 Å². The molecule has 7 heteroatoms. The van der Waals surface area contributed by atoms with Crippen molar-refractivity contribution in [1.29, 1.82) is 0 Å². The third-order valence-corrected chi connectivity index (χ3v) is 6.57. The fourth-order valence-electron chi connectivity index (χ4n) is 2.96. The molecule has 2 N–H and O–H groups in total.